The number of nitrogens with zero attached hydrogens (tertiary/aromatic N) is 1. The first-order chi connectivity index (χ1) is 10.8. The minimum absolute atomic E-state index is 0. The molecule has 1 aliphatic heterocycles. The highest BCUT2D eigenvalue weighted by Gasteiger charge is 2.21. The molecule has 1 aliphatic carbocycles. The highest BCUT2D eigenvalue weighted by atomic mass is 127. The number of para-hydroxylation sites is 1. The third-order valence-electron chi connectivity index (χ3n) is 4.38. The molecule has 0 bridgehead atoms. The number of nitrogens with one attached hydrogen (secondary N) is 1. The van der Waals surface area contributed by atoms with E-state index in [2.05, 4.69) is 22.5 Å². The van der Waals surface area contributed by atoms with Gasteiger partial charge in [0.05, 0.1) is 12.6 Å². The molecule has 1 aromatic rings. The van der Waals surface area contributed by atoms with Gasteiger partial charge in [0.15, 0.2) is 5.96 Å². The van der Waals surface area contributed by atoms with Crippen molar-refractivity contribution in [3.8, 4) is 5.75 Å². The topological polar surface area (TPSA) is 59.6 Å². The molecule has 1 aromatic carbocycles. The highest BCUT2D eigenvalue weighted by molar-refractivity contribution is 14.0. The first kappa shape index (κ1) is 18.1. The van der Waals surface area contributed by atoms with Gasteiger partial charge in [0.25, 0.3) is 0 Å². The van der Waals surface area contributed by atoms with Crippen LogP contribution in [0, 0.1) is 0 Å². The van der Waals surface area contributed by atoms with Gasteiger partial charge in [0, 0.05) is 18.5 Å². The Labute approximate surface area is 155 Å². The fourth-order valence-electron chi connectivity index (χ4n) is 3.17. The van der Waals surface area contributed by atoms with E-state index in [4.69, 9.17) is 10.5 Å². The summed E-state index contributed by atoms with van der Waals surface area (Å²) < 4.78 is 5.67. The van der Waals surface area contributed by atoms with Crippen LogP contribution in [0.3, 0.4) is 0 Å². The summed E-state index contributed by atoms with van der Waals surface area (Å²) in [5.41, 5.74) is 8.77. The number of fused-ring (bicyclic) bond motifs is 1. The van der Waals surface area contributed by atoms with Crippen molar-refractivity contribution < 1.29 is 4.74 Å². The number of aliphatic imine (C=N–C) groups is 1. The predicted molar refractivity (Wildman–Crippen MR) is 106 cm³/mol. The van der Waals surface area contributed by atoms with E-state index < -0.39 is 0 Å². The van der Waals surface area contributed by atoms with Crippen LogP contribution in [0.4, 0.5) is 0 Å². The molecule has 1 atom stereocenters. The van der Waals surface area contributed by atoms with Crippen LogP contribution in [0.25, 0.3) is 0 Å². The van der Waals surface area contributed by atoms with E-state index in [1.807, 2.05) is 18.2 Å². The SMILES string of the molecule is I.NC(=NCCC1=CCCCC1)NC1CCOc2ccccc21. The Morgan fingerprint density at radius 3 is 3.00 bits per heavy atom. The third-order valence-corrected chi connectivity index (χ3v) is 4.38. The third kappa shape index (κ3) is 5.12. The van der Waals surface area contributed by atoms with Gasteiger partial charge < -0.3 is 15.8 Å². The van der Waals surface area contributed by atoms with E-state index in [0.29, 0.717) is 5.96 Å². The zero-order chi connectivity index (χ0) is 15.2. The molecule has 1 unspecified atom stereocenters. The minimum Gasteiger partial charge on any atom is -0.493 e. The van der Waals surface area contributed by atoms with Crippen LogP contribution in [0.1, 0.15) is 50.1 Å². The number of allylic oxidation sites excluding steroid dienone is 1. The second kappa shape index (κ2) is 9.15. The molecule has 23 heavy (non-hydrogen) atoms. The van der Waals surface area contributed by atoms with Crippen LogP contribution in [-0.4, -0.2) is 19.1 Å². The molecule has 0 fully saturated rings. The lowest BCUT2D eigenvalue weighted by Gasteiger charge is -2.27. The fraction of sp³-hybridized carbons (Fsp3) is 0.500. The molecule has 0 saturated heterocycles. The van der Waals surface area contributed by atoms with Gasteiger partial charge in [-0.2, -0.15) is 0 Å². The summed E-state index contributed by atoms with van der Waals surface area (Å²) in [6.45, 7) is 1.49. The quantitative estimate of drug-likeness (QED) is 0.332. The van der Waals surface area contributed by atoms with Gasteiger partial charge in [-0.15, -0.1) is 24.0 Å². The summed E-state index contributed by atoms with van der Waals surface area (Å²) in [5.74, 6) is 1.49. The van der Waals surface area contributed by atoms with E-state index in [-0.39, 0.29) is 30.0 Å². The number of rotatable bonds is 4. The molecule has 0 spiro atoms. The standard InChI is InChI=1S/C18H25N3O.HI/c19-18(20-12-10-14-6-2-1-3-7-14)21-16-11-13-22-17-9-5-4-8-15(16)17;/h4-6,8-9,16H,1-3,7,10-13H2,(H3,19,20,21);1H. The Kier molecular flexibility index (Phi) is 7.20. The number of benzene rings is 1. The lowest BCUT2D eigenvalue weighted by Crippen LogP contribution is -2.37. The van der Waals surface area contributed by atoms with Crippen molar-refractivity contribution >= 4 is 29.9 Å². The van der Waals surface area contributed by atoms with Crippen molar-refractivity contribution in [2.24, 2.45) is 10.7 Å². The Balaban J connectivity index is 0.00000192. The van der Waals surface area contributed by atoms with E-state index in [1.165, 1.54) is 31.2 Å². The van der Waals surface area contributed by atoms with Crippen molar-refractivity contribution in [3.05, 3.63) is 41.5 Å². The van der Waals surface area contributed by atoms with Crippen molar-refractivity contribution in [3.63, 3.8) is 0 Å². The number of nitrogens with two attached hydrogens (primary N) is 1. The lowest BCUT2D eigenvalue weighted by molar-refractivity contribution is 0.262. The molecule has 126 valence electrons. The zero-order valence-electron chi connectivity index (χ0n) is 13.5. The summed E-state index contributed by atoms with van der Waals surface area (Å²) in [7, 11) is 0. The summed E-state index contributed by atoms with van der Waals surface area (Å²) >= 11 is 0. The molecular formula is C18H26IN3O. The number of hydrogen-bond donors (Lipinski definition) is 2. The van der Waals surface area contributed by atoms with Crippen molar-refractivity contribution in [1.82, 2.24) is 5.32 Å². The molecule has 4 nitrogen and oxygen atoms in total. The van der Waals surface area contributed by atoms with E-state index in [1.54, 1.807) is 5.57 Å². The van der Waals surface area contributed by atoms with Gasteiger partial charge in [-0.3, -0.25) is 4.99 Å². The smallest absolute Gasteiger partial charge is 0.189 e. The number of halogens is 1. The molecule has 1 heterocycles. The first-order valence-electron chi connectivity index (χ1n) is 8.29. The van der Waals surface area contributed by atoms with Gasteiger partial charge in [-0.05, 0) is 38.2 Å². The first-order valence-corrected chi connectivity index (χ1v) is 8.29. The average molecular weight is 427 g/mol. The lowest BCUT2D eigenvalue weighted by atomic mass is 9.97. The minimum atomic E-state index is 0. The van der Waals surface area contributed by atoms with Crippen molar-refractivity contribution in [2.45, 2.75) is 44.6 Å². The maximum absolute atomic E-state index is 6.06. The number of ether oxygens (including phenoxy) is 1. The molecule has 3 N–H and O–H groups in total. The summed E-state index contributed by atoms with van der Waals surface area (Å²) in [6, 6.07) is 8.32. The van der Waals surface area contributed by atoms with Gasteiger partial charge in [-0.25, -0.2) is 0 Å². The Morgan fingerprint density at radius 2 is 2.17 bits per heavy atom. The van der Waals surface area contributed by atoms with Crippen molar-refractivity contribution in [2.75, 3.05) is 13.2 Å². The van der Waals surface area contributed by atoms with Gasteiger partial charge in [-0.1, -0.05) is 29.8 Å². The highest BCUT2D eigenvalue weighted by Crippen LogP contribution is 2.31. The van der Waals surface area contributed by atoms with Crippen LogP contribution in [0.2, 0.25) is 0 Å². The van der Waals surface area contributed by atoms with Crippen LogP contribution in [-0.2, 0) is 0 Å². The maximum Gasteiger partial charge on any atom is 0.189 e. The molecule has 0 saturated carbocycles. The zero-order valence-corrected chi connectivity index (χ0v) is 15.8. The summed E-state index contributed by atoms with van der Waals surface area (Å²) in [5, 5.41) is 3.34. The van der Waals surface area contributed by atoms with E-state index in [0.717, 1.165) is 31.7 Å². The Morgan fingerprint density at radius 1 is 1.30 bits per heavy atom. The largest absolute Gasteiger partial charge is 0.493 e. The normalized spacial score (nSPS) is 20.6. The number of guanidine groups is 1. The fourth-order valence-corrected chi connectivity index (χ4v) is 3.17. The molecule has 0 aromatic heterocycles. The van der Waals surface area contributed by atoms with Crippen LogP contribution in [0.5, 0.6) is 5.75 Å². The average Bonchev–Trinajstić information content (AvgIpc) is 2.56. The van der Waals surface area contributed by atoms with Gasteiger partial charge >= 0.3 is 0 Å². The van der Waals surface area contributed by atoms with Gasteiger partial charge in [0.1, 0.15) is 5.75 Å². The Hall–Kier alpha value is -1.24. The van der Waals surface area contributed by atoms with Gasteiger partial charge in [0.2, 0.25) is 0 Å². The molecule has 5 heteroatoms. The second-order valence-electron chi connectivity index (χ2n) is 6.00. The van der Waals surface area contributed by atoms with Crippen molar-refractivity contribution in [1.29, 1.82) is 0 Å². The monoisotopic (exact) mass is 427 g/mol. The van der Waals surface area contributed by atoms with E-state index in [9.17, 15) is 0 Å². The van der Waals surface area contributed by atoms with Crippen LogP contribution < -0.4 is 15.8 Å². The maximum atomic E-state index is 6.06. The van der Waals surface area contributed by atoms with Crippen LogP contribution >= 0.6 is 24.0 Å². The molecule has 2 aliphatic rings. The molecule has 3 rings (SSSR count). The molecular weight excluding hydrogens is 401 g/mol. The summed E-state index contributed by atoms with van der Waals surface area (Å²) in [4.78, 5) is 4.49. The number of hydrogen-bond acceptors (Lipinski definition) is 2. The molecule has 0 radical (unpaired) electrons. The van der Waals surface area contributed by atoms with E-state index >= 15 is 0 Å². The Bertz CT molecular complexity index is 571. The predicted octanol–water partition coefficient (Wildman–Crippen LogP) is 3.92. The molecule has 0 amide bonds. The second-order valence-corrected chi connectivity index (χ2v) is 6.00. The van der Waals surface area contributed by atoms with Crippen LogP contribution in [0.15, 0.2) is 40.9 Å². The summed E-state index contributed by atoms with van der Waals surface area (Å²) in [6.07, 6.45) is 9.44.